The fourth-order valence-electron chi connectivity index (χ4n) is 3.61. The number of thiophene rings is 1. The molecule has 1 aliphatic rings. The minimum atomic E-state index is 0.0824. The minimum absolute atomic E-state index is 0.0824. The van der Waals surface area contributed by atoms with Gasteiger partial charge in [0, 0.05) is 11.4 Å². The van der Waals surface area contributed by atoms with Gasteiger partial charge in [-0.1, -0.05) is 39.5 Å². The summed E-state index contributed by atoms with van der Waals surface area (Å²) in [6, 6.07) is 2.14. The van der Waals surface area contributed by atoms with Gasteiger partial charge in [-0.15, -0.1) is 11.3 Å². The van der Waals surface area contributed by atoms with Gasteiger partial charge in [-0.05, 0) is 42.6 Å². The van der Waals surface area contributed by atoms with Crippen LogP contribution < -0.4 is 5.56 Å². The van der Waals surface area contributed by atoms with Gasteiger partial charge in [0.25, 0.3) is 5.56 Å². The molecule has 0 aliphatic heterocycles. The summed E-state index contributed by atoms with van der Waals surface area (Å²) in [7, 11) is 0. The third-order valence-electron chi connectivity index (χ3n) is 5.07. The van der Waals surface area contributed by atoms with E-state index in [1.54, 1.807) is 15.9 Å². The van der Waals surface area contributed by atoms with Crippen LogP contribution in [-0.2, 0) is 19.4 Å². The average molecular weight is 376 g/mol. The lowest BCUT2D eigenvalue weighted by Gasteiger charge is -2.33. The summed E-state index contributed by atoms with van der Waals surface area (Å²) in [6.07, 6.45) is 4.05. The number of rotatable bonds is 4. The molecule has 2 aromatic rings. The fourth-order valence-corrected chi connectivity index (χ4v) is 5.63. The molecule has 0 fully saturated rings. The van der Waals surface area contributed by atoms with Crippen molar-refractivity contribution in [2.45, 2.75) is 65.1 Å². The van der Waals surface area contributed by atoms with Crippen molar-refractivity contribution in [1.29, 1.82) is 5.26 Å². The molecule has 25 heavy (non-hydrogen) atoms. The van der Waals surface area contributed by atoms with E-state index in [0.717, 1.165) is 35.9 Å². The lowest BCUT2D eigenvalue weighted by molar-refractivity contribution is 0.218. The zero-order valence-corrected chi connectivity index (χ0v) is 17.0. The van der Waals surface area contributed by atoms with Gasteiger partial charge in [-0.3, -0.25) is 9.36 Å². The van der Waals surface area contributed by atoms with Crippen LogP contribution in [-0.4, -0.2) is 15.3 Å². The predicted octanol–water partition coefficient (Wildman–Crippen LogP) is 4.63. The molecule has 0 N–H and O–H groups in total. The van der Waals surface area contributed by atoms with Gasteiger partial charge in [0.05, 0.1) is 17.2 Å². The molecule has 0 saturated heterocycles. The highest BCUT2D eigenvalue weighted by Crippen LogP contribution is 2.42. The maximum absolute atomic E-state index is 13.1. The highest BCUT2D eigenvalue weighted by molar-refractivity contribution is 7.99. The van der Waals surface area contributed by atoms with Crippen LogP contribution in [0.4, 0.5) is 0 Å². The Morgan fingerprint density at radius 1 is 1.44 bits per heavy atom. The van der Waals surface area contributed by atoms with E-state index in [4.69, 9.17) is 10.2 Å². The number of fused-ring (bicyclic) bond motifs is 3. The van der Waals surface area contributed by atoms with Gasteiger partial charge in [0.15, 0.2) is 5.16 Å². The number of hydrogen-bond donors (Lipinski definition) is 0. The van der Waals surface area contributed by atoms with Crippen molar-refractivity contribution in [2.75, 3.05) is 5.75 Å². The SMILES string of the molecule is CCCn1c(SCC#N)nc2sc3c(c2c1=O)CC[C@@H](C(C)(C)C)C3. The van der Waals surface area contributed by atoms with E-state index in [2.05, 4.69) is 33.8 Å². The molecule has 0 amide bonds. The van der Waals surface area contributed by atoms with E-state index in [0.29, 0.717) is 23.4 Å². The fraction of sp³-hybridized carbons (Fsp3) is 0.632. The summed E-state index contributed by atoms with van der Waals surface area (Å²) in [5.41, 5.74) is 1.61. The summed E-state index contributed by atoms with van der Waals surface area (Å²) >= 11 is 3.05. The Morgan fingerprint density at radius 3 is 2.84 bits per heavy atom. The zero-order chi connectivity index (χ0) is 18.2. The van der Waals surface area contributed by atoms with Crippen molar-refractivity contribution in [2.24, 2.45) is 11.3 Å². The van der Waals surface area contributed by atoms with Crippen LogP contribution in [0.15, 0.2) is 9.95 Å². The van der Waals surface area contributed by atoms with Crippen molar-refractivity contribution < 1.29 is 0 Å². The first-order chi connectivity index (χ1) is 11.9. The Hall–Kier alpha value is -1.32. The number of nitriles is 1. The van der Waals surface area contributed by atoms with Crippen LogP contribution in [0.5, 0.6) is 0 Å². The predicted molar refractivity (Wildman–Crippen MR) is 105 cm³/mol. The molecule has 3 rings (SSSR count). The maximum Gasteiger partial charge on any atom is 0.263 e. The van der Waals surface area contributed by atoms with Gasteiger partial charge in [0.1, 0.15) is 4.83 Å². The normalized spacial score (nSPS) is 17.5. The number of aryl methyl sites for hydroxylation is 1. The van der Waals surface area contributed by atoms with E-state index < -0.39 is 0 Å². The van der Waals surface area contributed by atoms with Crippen LogP contribution in [0, 0.1) is 22.7 Å². The first-order valence-electron chi connectivity index (χ1n) is 8.91. The smallest absolute Gasteiger partial charge is 0.263 e. The molecular weight excluding hydrogens is 350 g/mol. The lowest BCUT2D eigenvalue weighted by atomic mass is 9.72. The molecule has 0 unspecified atom stereocenters. The molecular formula is C19H25N3OS2. The maximum atomic E-state index is 13.1. The van der Waals surface area contributed by atoms with E-state index in [1.165, 1.54) is 22.2 Å². The molecule has 0 saturated carbocycles. The van der Waals surface area contributed by atoms with Crippen molar-refractivity contribution in [3.8, 4) is 6.07 Å². The van der Waals surface area contributed by atoms with Crippen molar-refractivity contribution in [1.82, 2.24) is 9.55 Å². The zero-order valence-electron chi connectivity index (χ0n) is 15.4. The molecule has 0 bridgehead atoms. The monoisotopic (exact) mass is 375 g/mol. The molecule has 0 aromatic carbocycles. The molecule has 1 atom stereocenters. The summed E-state index contributed by atoms with van der Waals surface area (Å²) in [4.78, 5) is 20.1. The number of aromatic nitrogens is 2. The van der Waals surface area contributed by atoms with Crippen LogP contribution in [0.3, 0.4) is 0 Å². The Morgan fingerprint density at radius 2 is 2.20 bits per heavy atom. The second kappa shape index (κ2) is 7.13. The van der Waals surface area contributed by atoms with Crippen LogP contribution in [0.25, 0.3) is 10.2 Å². The average Bonchev–Trinajstić information content (AvgIpc) is 2.92. The first-order valence-corrected chi connectivity index (χ1v) is 10.7. The van der Waals surface area contributed by atoms with Crippen molar-refractivity contribution in [3.05, 3.63) is 20.8 Å². The van der Waals surface area contributed by atoms with Crippen molar-refractivity contribution >= 4 is 33.3 Å². The highest BCUT2D eigenvalue weighted by atomic mass is 32.2. The largest absolute Gasteiger partial charge is 0.287 e. The van der Waals surface area contributed by atoms with Crippen LogP contribution in [0.2, 0.25) is 0 Å². The Labute approximate surface area is 157 Å². The highest BCUT2D eigenvalue weighted by Gasteiger charge is 2.32. The van der Waals surface area contributed by atoms with Crippen LogP contribution in [0.1, 0.15) is 51.0 Å². The number of nitrogens with zero attached hydrogens (tertiary/aromatic N) is 3. The van der Waals surface area contributed by atoms with Gasteiger partial charge in [-0.25, -0.2) is 4.98 Å². The van der Waals surface area contributed by atoms with Gasteiger partial charge >= 0.3 is 0 Å². The van der Waals surface area contributed by atoms with Gasteiger partial charge in [-0.2, -0.15) is 5.26 Å². The first kappa shape index (κ1) is 18.5. The third-order valence-corrected chi connectivity index (χ3v) is 7.06. The molecule has 0 spiro atoms. The molecule has 1 aliphatic carbocycles. The topological polar surface area (TPSA) is 58.7 Å². The second-order valence-electron chi connectivity index (χ2n) is 7.79. The van der Waals surface area contributed by atoms with E-state index in [9.17, 15) is 4.79 Å². The lowest BCUT2D eigenvalue weighted by Crippen LogP contribution is -2.27. The molecule has 2 aromatic heterocycles. The quantitative estimate of drug-likeness (QED) is 0.577. The van der Waals surface area contributed by atoms with Crippen LogP contribution >= 0.6 is 23.1 Å². The molecule has 134 valence electrons. The second-order valence-corrected chi connectivity index (χ2v) is 9.81. The summed E-state index contributed by atoms with van der Waals surface area (Å²) in [5.74, 6) is 0.970. The van der Waals surface area contributed by atoms with Crippen molar-refractivity contribution in [3.63, 3.8) is 0 Å². The van der Waals surface area contributed by atoms with E-state index in [1.807, 2.05) is 0 Å². The number of hydrogen-bond acceptors (Lipinski definition) is 5. The van der Waals surface area contributed by atoms with Gasteiger partial charge < -0.3 is 0 Å². The molecule has 4 nitrogen and oxygen atoms in total. The summed E-state index contributed by atoms with van der Waals surface area (Å²) in [5, 5.41) is 10.4. The molecule has 0 radical (unpaired) electrons. The minimum Gasteiger partial charge on any atom is -0.287 e. The standard InChI is InChI=1S/C19H25N3OS2/c1-5-9-22-17(23)15-13-7-6-12(19(2,3)4)11-14(13)25-16(15)21-18(22)24-10-8-20/h12H,5-7,9-11H2,1-4H3/t12-/m1/s1. The number of thioether (sulfide) groups is 1. The summed E-state index contributed by atoms with van der Waals surface area (Å²) < 4.78 is 1.77. The Balaban J connectivity index is 2.12. The molecule has 6 heteroatoms. The van der Waals surface area contributed by atoms with Gasteiger partial charge in [0.2, 0.25) is 0 Å². The summed E-state index contributed by atoms with van der Waals surface area (Å²) in [6.45, 7) is 9.63. The third kappa shape index (κ3) is 3.50. The van der Waals surface area contributed by atoms with E-state index in [-0.39, 0.29) is 11.0 Å². The Bertz CT molecular complexity index is 883. The molecule has 2 heterocycles. The Kier molecular flexibility index (Phi) is 5.26. The van der Waals surface area contributed by atoms with E-state index >= 15 is 0 Å².